The van der Waals surface area contributed by atoms with E-state index in [1.165, 1.54) is 30.3 Å². The van der Waals surface area contributed by atoms with Gasteiger partial charge in [-0.2, -0.15) is 5.26 Å². The van der Waals surface area contributed by atoms with Gasteiger partial charge >= 0.3 is 5.97 Å². The van der Waals surface area contributed by atoms with Gasteiger partial charge in [-0.3, -0.25) is 9.10 Å². The van der Waals surface area contributed by atoms with Crippen molar-refractivity contribution in [2.45, 2.75) is 6.92 Å². The molecule has 0 aliphatic carbocycles. The third-order valence-electron chi connectivity index (χ3n) is 4.27. The van der Waals surface area contributed by atoms with Crippen LogP contribution in [0.2, 0.25) is 0 Å². The summed E-state index contributed by atoms with van der Waals surface area (Å²) in [5.74, 6) is -2.07. The summed E-state index contributed by atoms with van der Waals surface area (Å²) >= 11 is 0. The predicted octanol–water partition coefficient (Wildman–Crippen LogP) is 2.44. The Hall–Kier alpha value is -3.91. The maximum absolute atomic E-state index is 12.7. The van der Waals surface area contributed by atoms with Crippen molar-refractivity contribution in [3.05, 3.63) is 53.2 Å². The van der Waals surface area contributed by atoms with Crippen molar-refractivity contribution in [1.82, 2.24) is 5.16 Å². The van der Waals surface area contributed by atoms with Gasteiger partial charge in [0.25, 0.3) is 5.91 Å². The second kappa shape index (κ2) is 7.84. The van der Waals surface area contributed by atoms with E-state index in [9.17, 15) is 23.1 Å². The molecule has 0 atom stereocenters. The number of fused-ring (bicyclic) bond motifs is 1. The van der Waals surface area contributed by atoms with Crippen LogP contribution in [-0.4, -0.2) is 43.4 Å². The Balaban J connectivity index is 2.02. The van der Waals surface area contributed by atoms with Gasteiger partial charge in [0.05, 0.1) is 40.2 Å². The summed E-state index contributed by atoms with van der Waals surface area (Å²) in [5.41, 5.74) is 0.288. The van der Waals surface area contributed by atoms with Crippen molar-refractivity contribution in [3.8, 4) is 6.07 Å². The molecule has 10 nitrogen and oxygen atoms in total. The zero-order valence-electron chi connectivity index (χ0n) is 15.9. The molecule has 30 heavy (non-hydrogen) atoms. The van der Waals surface area contributed by atoms with Crippen LogP contribution in [0.4, 0.5) is 11.4 Å². The number of hydrogen-bond acceptors (Lipinski definition) is 7. The molecule has 0 radical (unpaired) electrons. The third kappa shape index (κ3) is 3.94. The maximum atomic E-state index is 12.7. The fraction of sp³-hybridized carbons (Fsp3) is 0.158. The molecular weight excluding hydrogens is 412 g/mol. The molecule has 1 amide bonds. The number of carboxylic acid groups (broad SMARTS) is 1. The van der Waals surface area contributed by atoms with E-state index in [0.29, 0.717) is 5.69 Å². The molecule has 0 saturated carbocycles. The molecule has 0 bridgehead atoms. The van der Waals surface area contributed by atoms with Crippen LogP contribution in [0.15, 0.2) is 40.9 Å². The number of carbonyl (C=O) groups excluding carboxylic acids is 1. The van der Waals surface area contributed by atoms with Crippen LogP contribution < -0.4 is 9.62 Å². The van der Waals surface area contributed by atoms with Crippen LogP contribution in [0.5, 0.6) is 0 Å². The number of amides is 1. The van der Waals surface area contributed by atoms with Gasteiger partial charge in [-0.15, -0.1) is 0 Å². The largest absolute Gasteiger partial charge is 0.478 e. The molecule has 0 saturated heterocycles. The molecule has 0 unspecified atom stereocenters. The number of hydrogen-bond donors (Lipinski definition) is 2. The van der Waals surface area contributed by atoms with Gasteiger partial charge in [-0.1, -0.05) is 5.16 Å². The zero-order chi connectivity index (χ0) is 22.1. The lowest BCUT2D eigenvalue weighted by molar-refractivity contribution is 0.0698. The highest BCUT2D eigenvalue weighted by atomic mass is 32.2. The maximum Gasteiger partial charge on any atom is 0.337 e. The highest BCUT2D eigenvalue weighted by molar-refractivity contribution is 7.92. The summed E-state index contributed by atoms with van der Waals surface area (Å²) < 4.78 is 30.3. The normalized spacial score (nSPS) is 11.1. The van der Waals surface area contributed by atoms with Crippen LogP contribution in [0.3, 0.4) is 0 Å². The van der Waals surface area contributed by atoms with Crippen molar-refractivity contribution in [2.24, 2.45) is 0 Å². The molecule has 11 heteroatoms. The lowest BCUT2D eigenvalue weighted by atomic mass is 10.1. The highest BCUT2D eigenvalue weighted by Gasteiger charge is 2.22. The number of carbonyl (C=O) groups is 2. The standard InChI is InChI=1S/C19H16N4O6S/c1-3-23(30(2,27)28)12-5-7-16-14(9-12)17(22-29-16)18(24)21-15-6-4-11(10-20)8-13(15)19(25)26/h4-9H,3H2,1-2H3,(H,21,24)(H,25,26). The average Bonchev–Trinajstić information content (AvgIpc) is 3.11. The van der Waals surface area contributed by atoms with Crippen molar-refractivity contribution in [3.63, 3.8) is 0 Å². The zero-order valence-corrected chi connectivity index (χ0v) is 16.7. The number of sulfonamides is 1. The Morgan fingerprint density at radius 1 is 1.27 bits per heavy atom. The first kappa shape index (κ1) is 20.8. The van der Waals surface area contributed by atoms with Crippen LogP contribution in [0.25, 0.3) is 11.0 Å². The average molecular weight is 428 g/mol. The number of nitrogens with one attached hydrogen (secondary N) is 1. The summed E-state index contributed by atoms with van der Waals surface area (Å²) in [6.45, 7) is 1.86. The number of benzene rings is 2. The molecule has 2 N–H and O–H groups in total. The SMILES string of the molecule is CCN(c1ccc2onc(C(=O)Nc3ccc(C#N)cc3C(=O)O)c2c1)S(C)(=O)=O. The molecule has 3 aromatic rings. The number of rotatable bonds is 6. The molecule has 0 fully saturated rings. The van der Waals surface area contributed by atoms with Crippen LogP contribution in [0.1, 0.15) is 33.3 Å². The fourth-order valence-corrected chi connectivity index (χ4v) is 3.90. The Kier molecular flexibility index (Phi) is 5.44. The van der Waals surface area contributed by atoms with E-state index in [0.717, 1.165) is 16.6 Å². The molecule has 0 aliphatic heterocycles. The van der Waals surface area contributed by atoms with E-state index in [1.54, 1.807) is 6.92 Å². The minimum atomic E-state index is -3.53. The summed E-state index contributed by atoms with van der Waals surface area (Å²) in [7, 11) is -3.53. The van der Waals surface area contributed by atoms with Crippen LogP contribution in [0, 0.1) is 11.3 Å². The number of nitrogens with zero attached hydrogens (tertiary/aromatic N) is 3. The molecular formula is C19H16N4O6S. The van der Waals surface area contributed by atoms with Crippen LogP contribution >= 0.6 is 0 Å². The van der Waals surface area contributed by atoms with Crippen molar-refractivity contribution >= 4 is 44.2 Å². The van der Waals surface area contributed by atoms with Gasteiger partial charge in [0, 0.05) is 6.54 Å². The van der Waals surface area contributed by atoms with Gasteiger partial charge in [0.1, 0.15) is 0 Å². The molecule has 2 aromatic carbocycles. The first-order valence-corrected chi connectivity index (χ1v) is 10.5. The molecule has 154 valence electrons. The number of carboxylic acids is 1. The van der Waals surface area contributed by atoms with E-state index in [1.807, 2.05) is 6.07 Å². The summed E-state index contributed by atoms with van der Waals surface area (Å²) in [4.78, 5) is 24.2. The van der Waals surface area contributed by atoms with E-state index in [2.05, 4.69) is 10.5 Å². The van der Waals surface area contributed by atoms with Crippen molar-refractivity contribution in [2.75, 3.05) is 22.4 Å². The van der Waals surface area contributed by atoms with Gasteiger partial charge in [0.15, 0.2) is 11.3 Å². The van der Waals surface area contributed by atoms with E-state index >= 15 is 0 Å². The fourth-order valence-electron chi connectivity index (χ4n) is 2.94. The van der Waals surface area contributed by atoms with Gasteiger partial charge in [-0.25, -0.2) is 13.2 Å². The predicted molar refractivity (Wildman–Crippen MR) is 108 cm³/mol. The van der Waals surface area contributed by atoms with Gasteiger partial charge < -0.3 is 14.9 Å². The quantitative estimate of drug-likeness (QED) is 0.607. The topological polar surface area (TPSA) is 154 Å². The summed E-state index contributed by atoms with van der Waals surface area (Å²) in [5, 5.41) is 24.7. The molecule has 0 aliphatic rings. The summed E-state index contributed by atoms with van der Waals surface area (Å²) in [6, 6.07) is 10.1. The van der Waals surface area contributed by atoms with E-state index in [4.69, 9.17) is 9.78 Å². The summed E-state index contributed by atoms with van der Waals surface area (Å²) in [6.07, 6.45) is 1.07. The third-order valence-corrected chi connectivity index (χ3v) is 5.54. The highest BCUT2D eigenvalue weighted by Crippen LogP contribution is 2.27. The first-order chi connectivity index (χ1) is 14.2. The van der Waals surface area contributed by atoms with Crippen molar-refractivity contribution < 1.29 is 27.6 Å². The van der Waals surface area contributed by atoms with Crippen molar-refractivity contribution in [1.29, 1.82) is 5.26 Å². The molecule has 1 aromatic heterocycles. The Morgan fingerprint density at radius 3 is 2.60 bits per heavy atom. The Bertz CT molecular complexity index is 1310. The molecule has 1 heterocycles. The second-order valence-electron chi connectivity index (χ2n) is 6.27. The molecule has 3 rings (SSSR count). The second-order valence-corrected chi connectivity index (χ2v) is 8.18. The number of aromatic nitrogens is 1. The number of anilines is 2. The Labute approximate surface area is 171 Å². The van der Waals surface area contributed by atoms with E-state index < -0.39 is 21.9 Å². The van der Waals surface area contributed by atoms with E-state index in [-0.39, 0.29) is 40.0 Å². The molecule has 0 spiro atoms. The van der Waals surface area contributed by atoms with Gasteiger partial charge in [0.2, 0.25) is 10.0 Å². The first-order valence-electron chi connectivity index (χ1n) is 8.61. The smallest absolute Gasteiger partial charge is 0.337 e. The Morgan fingerprint density at radius 2 is 2.00 bits per heavy atom. The minimum absolute atomic E-state index is 0.0230. The van der Waals surface area contributed by atoms with Crippen LogP contribution in [-0.2, 0) is 10.0 Å². The van der Waals surface area contributed by atoms with Gasteiger partial charge in [-0.05, 0) is 43.3 Å². The minimum Gasteiger partial charge on any atom is -0.478 e. The monoisotopic (exact) mass is 428 g/mol. The lowest BCUT2D eigenvalue weighted by Crippen LogP contribution is -2.29. The number of aromatic carboxylic acids is 1. The number of nitriles is 1. The lowest BCUT2D eigenvalue weighted by Gasteiger charge is -2.20.